The molecule has 0 spiro atoms. The Labute approximate surface area is 95.8 Å². The molecule has 0 amide bonds. The van der Waals surface area contributed by atoms with E-state index in [1.165, 1.54) is 0 Å². The van der Waals surface area contributed by atoms with Gasteiger partial charge in [0.2, 0.25) is 0 Å². The number of rotatable bonds is 0. The quantitative estimate of drug-likeness (QED) is 0.651. The maximum absolute atomic E-state index is 10.3. The van der Waals surface area contributed by atoms with Gasteiger partial charge in [0, 0.05) is 0 Å². The fraction of sp³-hybridized carbons (Fsp3) is 0.0667. The van der Waals surface area contributed by atoms with E-state index in [0.29, 0.717) is 0 Å². The third kappa shape index (κ3) is 2.38. The van der Waals surface area contributed by atoms with Crippen molar-refractivity contribution in [1.29, 1.82) is 0 Å². The summed E-state index contributed by atoms with van der Waals surface area (Å²) < 4.78 is 0. The molecule has 0 aromatic carbocycles. The van der Waals surface area contributed by atoms with Crippen LogP contribution >= 0.6 is 0 Å². The smallest absolute Gasteiger partial charge is 0.127 e. The number of hydrogen-bond acceptors (Lipinski definition) is 1. The monoisotopic (exact) mass is 210 g/mol. The molecule has 0 aliphatic heterocycles. The predicted molar refractivity (Wildman–Crippen MR) is 67.9 cm³/mol. The second-order valence-electron chi connectivity index (χ2n) is 3.68. The lowest BCUT2D eigenvalue weighted by molar-refractivity contribution is 0.188. The van der Waals surface area contributed by atoms with E-state index in [1.807, 2.05) is 66.8 Å². The lowest BCUT2D eigenvalue weighted by Crippen LogP contribution is -2.22. The van der Waals surface area contributed by atoms with Crippen LogP contribution in [0.4, 0.5) is 0 Å². The van der Waals surface area contributed by atoms with Gasteiger partial charge in [0.05, 0.1) is 0 Å². The molecule has 1 nitrogen and oxygen atoms in total. The van der Waals surface area contributed by atoms with Crippen LogP contribution in [0.25, 0.3) is 0 Å². The summed E-state index contributed by atoms with van der Waals surface area (Å²) in [5.41, 5.74) is -0.0798. The van der Waals surface area contributed by atoms with Gasteiger partial charge in [-0.25, -0.2) is 0 Å². The molecule has 0 aromatic rings. The molecule has 0 radical (unpaired) electrons. The first kappa shape index (κ1) is 10.7. The molecule has 0 fully saturated rings. The van der Waals surface area contributed by atoms with Crippen molar-refractivity contribution in [1.82, 2.24) is 0 Å². The van der Waals surface area contributed by atoms with Crippen molar-refractivity contribution < 1.29 is 5.11 Å². The highest BCUT2D eigenvalue weighted by molar-refractivity contribution is 5.48. The summed E-state index contributed by atoms with van der Waals surface area (Å²) in [5.74, 6) is 0. The minimum atomic E-state index is -0.961. The zero-order valence-corrected chi connectivity index (χ0v) is 8.95. The minimum Gasteiger partial charge on any atom is -0.377 e. The van der Waals surface area contributed by atoms with E-state index in [2.05, 4.69) is 0 Å². The zero-order valence-electron chi connectivity index (χ0n) is 8.95. The van der Waals surface area contributed by atoms with E-state index < -0.39 is 5.60 Å². The van der Waals surface area contributed by atoms with Crippen LogP contribution in [0.2, 0.25) is 0 Å². The predicted octanol–water partition coefficient (Wildman–Crippen LogP) is 3.01. The van der Waals surface area contributed by atoms with E-state index in [1.54, 1.807) is 12.2 Å². The van der Waals surface area contributed by atoms with Crippen LogP contribution in [-0.4, -0.2) is 10.7 Å². The molecule has 80 valence electrons. The number of aliphatic hydroxyl groups is 1. The molecule has 1 heteroatoms. The van der Waals surface area contributed by atoms with Crippen molar-refractivity contribution in [3.05, 3.63) is 84.6 Å². The van der Waals surface area contributed by atoms with Gasteiger partial charge < -0.3 is 5.11 Å². The molecular formula is C15H14O. The highest BCUT2D eigenvalue weighted by Crippen LogP contribution is 2.27. The Balaban J connectivity index is 2.34. The van der Waals surface area contributed by atoms with Crippen molar-refractivity contribution in [2.45, 2.75) is 5.60 Å². The van der Waals surface area contributed by atoms with Crippen molar-refractivity contribution >= 4 is 0 Å². The SMILES string of the molecule is OC12C=CC=C1\C=C/C=C\C=C/C=C\C=C2. The molecule has 16 heavy (non-hydrogen) atoms. The number of hydrogen-bond donors (Lipinski definition) is 1. The van der Waals surface area contributed by atoms with Gasteiger partial charge in [0.1, 0.15) is 5.60 Å². The molecule has 0 heterocycles. The van der Waals surface area contributed by atoms with Crippen LogP contribution in [0.15, 0.2) is 84.6 Å². The third-order valence-corrected chi connectivity index (χ3v) is 2.49. The summed E-state index contributed by atoms with van der Waals surface area (Å²) in [5, 5.41) is 10.3. The molecule has 2 rings (SSSR count). The topological polar surface area (TPSA) is 20.2 Å². The molecule has 1 unspecified atom stereocenters. The number of fused-ring (bicyclic) bond motifs is 1. The summed E-state index contributed by atoms with van der Waals surface area (Å²) in [6.07, 6.45) is 24.7. The normalized spacial score (nSPS) is 35.4. The lowest BCUT2D eigenvalue weighted by Gasteiger charge is -2.18. The van der Waals surface area contributed by atoms with Gasteiger partial charge >= 0.3 is 0 Å². The molecule has 2 aliphatic rings. The van der Waals surface area contributed by atoms with Gasteiger partial charge in [-0.1, -0.05) is 66.8 Å². The van der Waals surface area contributed by atoms with E-state index in [9.17, 15) is 5.11 Å². The van der Waals surface area contributed by atoms with E-state index in [0.717, 1.165) is 5.57 Å². The fourth-order valence-corrected chi connectivity index (χ4v) is 1.62. The Hall–Kier alpha value is -1.86. The van der Waals surface area contributed by atoms with Gasteiger partial charge in [-0.15, -0.1) is 0 Å². The van der Waals surface area contributed by atoms with Crippen LogP contribution < -0.4 is 0 Å². The highest BCUT2D eigenvalue weighted by atomic mass is 16.3. The van der Waals surface area contributed by atoms with Gasteiger partial charge in [-0.3, -0.25) is 0 Å². The van der Waals surface area contributed by atoms with Crippen LogP contribution in [-0.2, 0) is 0 Å². The van der Waals surface area contributed by atoms with Gasteiger partial charge in [-0.05, 0) is 17.7 Å². The number of allylic oxidation sites excluding steroid dienone is 10. The summed E-state index contributed by atoms with van der Waals surface area (Å²) >= 11 is 0. The Bertz CT molecular complexity index is 456. The summed E-state index contributed by atoms with van der Waals surface area (Å²) in [6, 6.07) is 0. The molecule has 0 aromatic heterocycles. The summed E-state index contributed by atoms with van der Waals surface area (Å²) in [6.45, 7) is 0. The maximum atomic E-state index is 10.3. The van der Waals surface area contributed by atoms with E-state index in [-0.39, 0.29) is 0 Å². The van der Waals surface area contributed by atoms with Crippen molar-refractivity contribution in [2.24, 2.45) is 0 Å². The van der Waals surface area contributed by atoms with Gasteiger partial charge in [-0.2, -0.15) is 0 Å². The van der Waals surface area contributed by atoms with Crippen LogP contribution in [0, 0.1) is 0 Å². The van der Waals surface area contributed by atoms with Crippen molar-refractivity contribution in [3.63, 3.8) is 0 Å². The molecule has 1 atom stereocenters. The molecule has 0 saturated heterocycles. The lowest BCUT2D eigenvalue weighted by atomic mass is 9.96. The highest BCUT2D eigenvalue weighted by Gasteiger charge is 2.25. The molecule has 2 aliphatic carbocycles. The molecule has 0 bridgehead atoms. The largest absolute Gasteiger partial charge is 0.377 e. The standard InChI is InChI=1S/C15H14O/c16-15-12-8-6-4-2-1-3-5-7-10-14(15)11-9-13-15/h1-13,16H/b2-1-,5-3-,6-4-,10-7-,12-8?. The average Bonchev–Trinajstić information content (AvgIpc) is 2.61. The minimum absolute atomic E-state index is 0.881. The van der Waals surface area contributed by atoms with Gasteiger partial charge in [0.15, 0.2) is 0 Å². The van der Waals surface area contributed by atoms with Crippen molar-refractivity contribution in [2.75, 3.05) is 0 Å². The first-order chi connectivity index (χ1) is 7.81. The molecule has 0 saturated carbocycles. The zero-order chi connectivity index (χ0) is 11.3. The van der Waals surface area contributed by atoms with Crippen LogP contribution in [0.1, 0.15) is 0 Å². The third-order valence-electron chi connectivity index (χ3n) is 2.49. The second-order valence-corrected chi connectivity index (χ2v) is 3.68. The van der Waals surface area contributed by atoms with E-state index >= 15 is 0 Å². The van der Waals surface area contributed by atoms with Crippen LogP contribution in [0.3, 0.4) is 0 Å². The Morgan fingerprint density at radius 3 is 2.00 bits per heavy atom. The maximum Gasteiger partial charge on any atom is 0.127 e. The average molecular weight is 210 g/mol. The Morgan fingerprint density at radius 1 is 0.688 bits per heavy atom. The van der Waals surface area contributed by atoms with Gasteiger partial charge in [0.25, 0.3) is 0 Å². The molecule has 1 N–H and O–H groups in total. The summed E-state index contributed by atoms with van der Waals surface area (Å²) in [7, 11) is 0. The summed E-state index contributed by atoms with van der Waals surface area (Å²) in [4.78, 5) is 0. The second kappa shape index (κ2) is 4.77. The van der Waals surface area contributed by atoms with Crippen molar-refractivity contribution in [3.8, 4) is 0 Å². The first-order valence-electron chi connectivity index (χ1n) is 5.29. The Morgan fingerprint density at radius 2 is 1.25 bits per heavy atom. The molecular weight excluding hydrogens is 196 g/mol. The fourth-order valence-electron chi connectivity index (χ4n) is 1.62. The first-order valence-corrected chi connectivity index (χ1v) is 5.29. The van der Waals surface area contributed by atoms with E-state index in [4.69, 9.17) is 0 Å². The van der Waals surface area contributed by atoms with Crippen LogP contribution in [0.5, 0.6) is 0 Å². The Kier molecular flexibility index (Phi) is 3.18.